The fraction of sp³-hybridized carbons (Fsp3) is 0.600. The van der Waals surface area contributed by atoms with Crippen LogP contribution in [0, 0.1) is 5.92 Å². The van der Waals surface area contributed by atoms with Crippen molar-refractivity contribution in [2.45, 2.75) is 84.7 Å². The quantitative estimate of drug-likeness (QED) is 0.314. The lowest BCUT2D eigenvalue weighted by molar-refractivity contribution is -0.153. The van der Waals surface area contributed by atoms with Crippen molar-refractivity contribution in [3.8, 4) is 0 Å². The number of ketones is 1. The van der Waals surface area contributed by atoms with E-state index < -0.39 is 41.3 Å². The highest BCUT2D eigenvalue weighted by molar-refractivity contribution is 8.14. The molecule has 2 unspecified atom stereocenters. The molecule has 0 aliphatic carbocycles. The van der Waals surface area contributed by atoms with Crippen LogP contribution in [-0.2, 0) is 30.4 Å². The summed E-state index contributed by atoms with van der Waals surface area (Å²) in [6.45, 7) is 15.9. The number of alkyl carbamates (subject to hydrolysis) is 1. The van der Waals surface area contributed by atoms with Gasteiger partial charge in [-0.05, 0) is 40.5 Å². The summed E-state index contributed by atoms with van der Waals surface area (Å²) in [4.78, 5) is 58.4. The van der Waals surface area contributed by atoms with Gasteiger partial charge in [0, 0.05) is 17.6 Å². The molecule has 0 aromatic carbocycles. The second-order valence-corrected chi connectivity index (χ2v) is 12.2. The number of thioether (sulfide) groups is 1. The maximum atomic E-state index is 13.2. The van der Waals surface area contributed by atoms with E-state index in [0.29, 0.717) is 21.5 Å². The van der Waals surface area contributed by atoms with Gasteiger partial charge in [-0.2, -0.15) is 0 Å². The molecule has 204 valence electrons. The van der Waals surface area contributed by atoms with Crippen molar-refractivity contribution >= 4 is 51.9 Å². The molecule has 37 heavy (non-hydrogen) atoms. The molecule has 1 aromatic rings. The molecular formula is C25H36N4O6S2. The van der Waals surface area contributed by atoms with Gasteiger partial charge in [0.1, 0.15) is 44.8 Å². The highest BCUT2D eigenvalue weighted by atomic mass is 32.2. The number of aromatic nitrogens is 1. The van der Waals surface area contributed by atoms with Crippen molar-refractivity contribution in [3.05, 3.63) is 28.7 Å². The Labute approximate surface area is 226 Å². The largest absolute Gasteiger partial charge is 0.456 e. The molecule has 0 saturated heterocycles. The Bertz CT molecular complexity index is 1060. The fourth-order valence-electron chi connectivity index (χ4n) is 3.17. The molecule has 1 aliphatic heterocycles. The molecule has 1 aliphatic rings. The first-order chi connectivity index (χ1) is 17.1. The number of amides is 2. The molecule has 3 atom stereocenters. The van der Waals surface area contributed by atoms with E-state index in [9.17, 15) is 19.2 Å². The standard InChI is InChI=1S/C25H36N4O6S2/c1-9-16(10-15(4)30)34-21(31)19(14(2)3)28-22(32)25(8)13-37-20(29-25)17-12-36-18(27-17)11-26-23(33)35-24(5,6)7/h9,12,14,16,19H,1,10-11,13H2,2-8H3,(H,26,33)(H,28,32)/t16?,19?,25-/m0/s1. The maximum absolute atomic E-state index is 13.2. The summed E-state index contributed by atoms with van der Waals surface area (Å²) in [7, 11) is 0. The molecule has 12 heteroatoms. The van der Waals surface area contributed by atoms with Crippen molar-refractivity contribution in [1.29, 1.82) is 0 Å². The zero-order valence-corrected chi connectivity index (χ0v) is 24.0. The van der Waals surface area contributed by atoms with Gasteiger partial charge in [0.2, 0.25) is 5.91 Å². The van der Waals surface area contributed by atoms with Crippen LogP contribution in [0.25, 0.3) is 0 Å². The predicted octanol–water partition coefficient (Wildman–Crippen LogP) is 3.64. The van der Waals surface area contributed by atoms with E-state index in [1.165, 1.54) is 36.1 Å². The van der Waals surface area contributed by atoms with Gasteiger partial charge in [0.15, 0.2) is 0 Å². The van der Waals surface area contributed by atoms with Crippen molar-refractivity contribution in [3.63, 3.8) is 0 Å². The Kier molecular flexibility index (Phi) is 10.5. The number of hydrogen-bond donors (Lipinski definition) is 2. The lowest BCUT2D eigenvalue weighted by atomic mass is 10.0. The number of aliphatic imine (C=N–C) groups is 1. The number of carbonyl (C=O) groups is 4. The first-order valence-corrected chi connectivity index (χ1v) is 13.8. The molecule has 0 fully saturated rings. The molecule has 2 heterocycles. The second kappa shape index (κ2) is 12.7. The topological polar surface area (TPSA) is 136 Å². The van der Waals surface area contributed by atoms with E-state index >= 15 is 0 Å². The summed E-state index contributed by atoms with van der Waals surface area (Å²) in [6, 6.07) is -0.909. The number of carbonyl (C=O) groups excluding carboxylic acids is 4. The average molecular weight is 553 g/mol. The SMILES string of the molecule is C=CC(CC(C)=O)OC(=O)C(NC(=O)[C@]1(C)CSC(c2csc(CNC(=O)OC(C)(C)C)n2)=N1)C(C)C. The van der Waals surface area contributed by atoms with Crippen molar-refractivity contribution in [1.82, 2.24) is 15.6 Å². The molecule has 0 bridgehead atoms. The Morgan fingerprint density at radius 1 is 1.27 bits per heavy atom. The molecule has 0 radical (unpaired) electrons. The van der Waals surface area contributed by atoms with Gasteiger partial charge in [-0.3, -0.25) is 14.6 Å². The van der Waals surface area contributed by atoms with Crippen LogP contribution in [0.3, 0.4) is 0 Å². The van der Waals surface area contributed by atoms with Crippen LogP contribution in [0.5, 0.6) is 0 Å². The lowest BCUT2D eigenvalue weighted by Crippen LogP contribution is -2.53. The van der Waals surface area contributed by atoms with Crippen LogP contribution < -0.4 is 10.6 Å². The minimum absolute atomic E-state index is 0.0267. The maximum Gasteiger partial charge on any atom is 0.408 e. The Morgan fingerprint density at radius 2 is 1.95 bits per heavy atom. The summed E-state index contributed by atoms with van der Waals surface area (Å²) in [5.41, 5.74) is -1.08. The van der Waals surface area contributed by atoms with Gasteiger partial charge in [-0.25, -0.2) is 14.6 Å². The number of rotatable bonds is 11. The highest BCUT2D eigenvalue weighted by Gasteiger charge is 2.41. The molecule has 0 spiro atoms. The zero-order valence-electron chi connectivity index (χ0n) is 22.4. The number of nitrogens with one attached hydrogen (secondary N) is 2. The molecule has 1 aromatic heterocycles. The fourth-order valence-corrected chi connectivity index (χ4v) is 5.10. The summed E-state index contributed by atoms with van der Waals surface area (Å²) < 4.78 is 10.6. The third kappa shape index (κ3) is 9.26. The molecule has 0 saturated carbocycles. The number of hydrogen-bond acceptors (Lipinski definition) is 10. The van der Waals surface area contributed by atoms with Crippen LogP contribution in [0.1, 0.15) is 65.6 Å². The lowest BCUT2D eigenvalue weighted by Gasteiger charge is -2.27. The average Bonchev–Trinajstić information content (AvgIpc) is 3.41. The second-order valence-electron chi connectivity index (χ2n) is 10.3. The van der Waals surface area contributed by atoms with E-state index in [-0.39, 0.29) is 24.7 Å². The van der Waals surface area contributed by atoms with Crippen molar-refractivity contribution < 1.29 is 28.7 Å². The number of Topliss-reactive ketones (excluding diaryl/α,β-unsaturated/α-hetero) is 1. The van der Waals surface area contributed by atoms with Gasteiger partial charge in [0.05, 0.1) is 6.54 Å². The third-order valence-corrected chi connectivity index (χ3v) is 7.24. The molecular weight excluding hydrogens is 516 g/mol. The van der Waals surface area contributed by atoms with E-state index in [4.69, 9.17) is 9.47 Å². The number of ether oxygens (including phenoxy) is 2. The van der Waals surface area contributed by atoms with E-state index in [1.54, 1.807) is 41.5 Å². The van der Waals surface area contributed by atoms with Crippen LogP contribution >= 0.6 is 23.1 Å². The van der Waals surface area contributed by atoms with Crippen molar-refractivity contribution in [2.24, 2.45) is 10.9 Å². The normalized spacial score (nSPS) is 19.0. The Hall–Kier alpha value is -2.73. The Balaban J connectivity index is 2.05. The van der Waals surface area contributed by atoms with Gasteiger partial charge in [-0.1, -0.05) is 26.5 Å². The number of thiazole rings is 1. The van der Waals surface area contributed by atoms with E-state index in [0.717, 1.165) is 0 Å². The van der Waals surface area contributed by atoms with Gasteiger partial charge in [-0.15, -0.1) is 23.1 Å². The van der Waals surface area contributed by atoms with Gasteiger partial charge in [0.25, 0.3) is 0 Å². The molecule has 2 amide bonds. The minimum atomic E-state index is -1.11. The van der Waals surface area contributed by atoms with Gasteiger partial charge >= 0.3 is 12.1 Å². The minimum Gasteiger partial charge on any atom is -0.456 e. The smallest absolute Gasteiger partial charge is 0.408 e. The first kappa shape index (κ1) is 30.5. The molecule has 2 N–H and O–H groups in total. The zero-order chi connectivity index (χ0) is 28.0. The van der Waals surface area contributed by atoms with Gasteiger partial charge < -0.3 is 20.1 Å². The van der Waals surface area contributed by atoms with E-state index in [2.05, 4.69) is 27.2 Å². The molecule has 2 rings (SSSR count). The summed E-state index contributed by atoms with van der Waals surface area (Å²) in [5, 5.41) is 8.55. The number of nitrogens with zero attached hydrogens (tertiary/aromatic N) is 2. The van der Waals surface area contributed by atoms with Crippen LogP contribution in [0.4, 0.5) is 4.79 Å². The van der Waals surface area contributed by atoms with Crippen LogP contribution in [0.15, 0.2) is 23.0 Å². The van der Waals surface area contributed by atoms with Crippen LogP contribution in [-0.4, -0.2) is 62.8 Å². The highest BCUT2D eigenvalue weighted by Crippen LogP contribution is 2.32. The molecule has 10 nitrogen and oxygen atoms in total. The predicted molar refractivity (Wildman–Crippen MR) is 145 cm³/mol. The third-order valence-electron chi connectivity index (χ3n) is 5.11. The summed E-state index contributed by atoms with van der Waals surface area (Å²) in [5.74, 6) is -1.05. The monoisotopic (exact) mass is 552 g/mol. The first-order valence-electron chi connectivity index (χ1n) is 11.9. The van der Waals surface area contributed by atoms with Crippen molar-refractivity contribution in [2.75, 3.05) is 5.75 Å². The van der Waals surface area contributed by atoms with E-state index in [1.807, 2.05) is 5.38 Å². The number of esters is 1. The summed E-state index contributed by atoms with van der Waals surface area (Å²) >= 11 is 2.76. The summed E-state index contributed by atoms with van der Waals surface area (Å²) in [6.07, 6.45) is 0.141. The van der Waals surface area contributed by atoms with Crippen LogP contribution in [0.2, 0.25) is 0 Å². The Morgan fingerprint density at radius 3 is 2.51 bits per heavy atom.